The lowest BCUT2D eigenvalue weighted by Crippen LogP contribution is -2.23. The van der Waals surface area contributed by atoms with Gasteiger partial charge < -0.3 is 9.88 Å². The topological polar surface area (TPSA) is 29.9 Å². The first-order chi connectivity index (χ1) is 8.15. The van der Waals surface area contributed by atoms with E-state index in [1.807, 2.05) is 13.1 Å². The van der Waals surface area contributed by atoms with Crippen molar-refractivity contribution in [1.82, 2.24) is 14.9 Å². The van der Waals surface area contributed by atoms with Crippen LogP contribution in [0.5, 0.6) is 0 Å². The van der Waals surface area contributed by atoms with Gasteiger partial charge in [-0.3, -0.25) is 0 Å². The Morgan fingerprint density at radius 1 is 1.47 bits per heavy atom. The summed E-state index contributed by atoms with van der Waals surface area (Å²) in [5.41, 5.74) is 1.32. The van der Waals surface area contributed by atoms with E-state index in [2.05, 4.69) is 47.0 Å². The minimum Gasteiger partial charge on any atom is -0.345 e. The number of aryl methyl sites for hydroxylation is 1. The van der Waals surface area contributed by atoms with Crippen LogP contribution in [0.25, 0.3) is 0 Å². The van der Waals surface area contributed by atoms with E-state index in [-0.39, 0.29) is 0 Å². The zero-order chi connectivity index (χ0) is 12.3. The second-order valence-corrected chi connectivity index (χ2v) is 5.83. The van der Waals surface area contributed by atoms with Crippen molar-refractivity contribution >= 4 is 11.3 Å². The van der Waals surface area contributed by atoms with Crippen LogP contribution >= 0.6 is 11.3 Å². The Balaban J connectivity index is 2.03. The molecule has 0 radical (unpaired) electrons. The van der Waals surface area contributed by atoms with Gasteiger partial charge >= 0.3 is 0 Å². The second-order valence-electron chi connectivity index (χ2n) is 4.51. The molecule has 0 bridgehead atoms. The van der Waals surface area contributed by atoms with E-state index < -0.39 is 0 Å². The van der Waals surface area contributed by atoms with Gasteiger partial charge in [-0.05, 0) is 19.1 Å². The van der Waals surface area contributed by atoms with Gasteiger partial charge in [-0.1, -0.05) is 13.8 Å². The zero-order valence-electron chi connectivity index (χ0n) is 10.6. The number of nitrogens with zero attached hydrogens (tertiary/aromatic N) is 2. The molecule has 0 spiro atoms. The third-order valence-electron chi connectivity index (χ3n) is 2.61. The molecule has 17 heavy (non-hydrogen) atoms. The normalized spacial score (nSPS) is 11.3. The highest BCUT2D eigenvalue weighted by atomic mass is 32.1. The van der Waals surface area contributed by atoms with Crippen molar-refractivity contribution < 1.29 is 0 Å². The maximum atomic E-state index is 4.29. The maximum Gasteiger partial charge on any atom is 0.0897 e. The minimum atomic E-state index is 0.518. The molecule has 0 saturated heterocycles. The summed E-state index contributed by atoms with van der Waals surface area (Å²) < 4.78 is 2.28. The monoisotopic (exact) mass is 249 g/mol. The Bertz CT molecular complexity index is 470. The van der Waals surface area contributed by atoms with E-state index in [9.17, 15) is 0 Å². The van der Waals surface area contributed by atoms with E-state index >= 15 is 0 Å². The first-order valence-corrected chi connectivity index (χ1v) is 6.75. The van der Waals surface area contributed by atoms with Gasteiger partial charge in [0.25, 0.3) is 0 Å². The summed E-state index contributed by atoms with van der Waals surface area (Å²) in [5, 5.41) is 4.58. The van der Waals surface area contributed by atoms with Crippen LogP contribution in [0, 0.1) is 6.92 Å². The fraction of sp³-hybridized carbons (Fsp3) is 0.462. The van der Waals surface area contributed by atoms with Gasteiger partial charge in [-0.2, -0.15) is 0 Å². The maximum absolute atomic E-state index is 4.29. The molecule has 0 aliphatic heterocycles. The lowest BCUT2D eigenvalue weighted by Gasteiger charge is -2.11. The van der Waals surface area contributed by atoms with Crippen molar-refractivity contribution in [3.63, 3.8) is 0 Å². The van der Waals surface area contributed by atoms with Gasteiger partial charge in [-0.25, -0.2) is 4.98 Å². The largest absolute Gasteiger partial charge is 0.345 e. The molecule has 0 saturated carbocycles. The molecule has 1 N–H and O–H groups in total. The van der Waals surface area contributed by atoms with E-state index in [4.69, 9.17) is 0 Å². The number of thiazole rings is 1. The number of hydrogen-bond donors (Lipinski definition) is 1. The molecular weight excluding hydrogens is 230 g/mol. The third-order valence-corrected chi connectivity index (χ3v) is 3.51. The molecule has 0 aromatic carbocycles. The highest BCUT2D eigenvalue weighted by Crippen LogP contribution is 2.14. The summed E-state index contributed by atoms with van der Waals surface area (Å²) in [6.45, 7) is 8.22. The van der Waals surface area contributed by atoms with Gasteiger partial charge in [0.15, 0.2) is 0 Å². The minimum absolute atomic E-state index is 0.518. The molecule has 2 aromatic rings. The van der Waals surface area contributed by atoms with Gasteiger partial charge in [0, 0.05) is 35.6 Å². The highest BCUT2D eigenvalue weighted by Gasteiger charge is 2.04. The Hall–Kier alpha value is -1.13. The quantitative estimate of drug-likeness (QED) is 0.883. The number of hydrogen-bond acceptors (Lipinski definition) is 3. The van der Waals surface area contributed by atoms with E-state index in [1.54, 1.807) is 11.3 Å². The predicted molar refractivity (Wildman–Crippen MR) is 72.4 cm³/mol. The van der Waals surface area contributed by atoms with Gasteiger partial charge in [0.05, 0.1) is 11.6 Å². The smallest absolute Gasteiger partial charge is 0.0897 e. The molecule has 0 amide bonds. The number of aromatic nitrogens is 2. The summed E-state index contributed by atoms with van der Waals surface area (Å²) in [5.74, 6) is 0. The fourth-order valence-electron chi connectivity index (χ4n) is 1.72. The van der Waals surface area contributed by atoms with Crippen LogP contribution in [-0.2, 0) is 13.1 Å². The van der Waals surface area contributed by atoms with E-state index in [0.29, 0.717) is 6.04 Å². The molecule has 0 aliphatic carbocycles. The molecule has 0 unspecified atom stereocenters. The van der Waals surface area contributed by atoms with Crippen molar-refractivity contribution in [2.75, 3.05) is 0 Å². The van der Waals surface area contributed by atoms with Crippen LogP contribution in [-0.4, -0.2) is 15.6 Å². The molecule has 2 rings (SSSR count). The van der Waals surface area contributed by atoms with Crippen LogP contribution < -0.4 is 5.32 Å². The van der Waals surface area contributed by atoms with Crippen LogP contribution in [0.2, 0.25) is 0 Å². The van der Waals surface area contributed by atoms with Gasteiger partial charge in [-0.15, -0.1) is 11.3 Å². The van der Waals surface area contributed by atoms with Crippen molar-refractivity contribution in [2.24, 2.45) is 0 Å². The first kappa shape index (κ1) is 12.3. The van der Waals surface area contributed by atoms with Gasteiger partial charge in [0.2, 0.25) is 0 Å². The summed E-state index contributed by atoms with van der Waals surface area (Å²) in [7, 11) is 0. The van der Waals surface area contributed by atoms with Crippen LogP contribution in [0.15, 0.2) is 24.5 Å². The molecule has 0 atom stereocenters. The summed E-state index contributed by atoms with van der Waals surface area (Å²) >= 11 is 1.77. The highest BCUT2D eigenvalue weighted by molar-refractivity contribution is 7.11. The van der Waals surface area contributed by atoms with Crippen LogP contribution in [0.1, 0.15) is 29.4 Å². The second kappa shape index (κ2) is 5.47. The average Bonchev–Trinajstić information content (AvgIpc) is 2.86. The molecule has 2 heterocycles. The van der Waals surface area contributed by atoms with Gasteiger partial charge in [0.1, 0.15) is 0 Å². The predicted octanol–water partition coefficient (Wildman–Crippen LogP) is 2.80. The molecule has 4 heteroatoms. The molecule has 0 aliphatic rings. The standard InChI is InChI=1S/C13H19N3S/c1-10(2)14-7-12-5-4-6-16(12)9-13-8-15-11(3)17-13/h4-6,8,10,14H,7,9H2,1-3H3. The molecular formula is C13H19N3S. The molecule has 2 aromatic heterocycles. The molecule has 92 valence electrons. The van der Waals surface area contributed by atoms with Crippen molar-refractivity contribution in [2.45, 2.75) is 39.9 Å². The van der Waals surface area contributed by atoms with E-state index in [0.717, 1.165) is 18.1 Å². The zero-order valence-corrected chi connectivity index (χ0v) is 11.4. The van der Waals surface area contributed by atoms with Crippen molar-refractivity contribution in [3.8, 4) is 0 Å². The van der Waals surface area contributed by atoms with Crippen molar-refractivity contribution in [1.29, 1.82) is 0 Å². The Labute approximate surface area is 107 Å². The summed E-state index contributed by atoms with van der Waals surface area (Å²) in [4.78, 5) is 5.60. The number of rotatable bonds is 5. The Morgan fingerprint density at radius 3 is 2.94 bits per heavy atom. The lowest BCUT2D eigenvalue weighted by molar-refractivity contribution is 0.565. The van der Waals surface area contributed by atoms with Crippen LogP contribution in [0.4, 0.5) is 0 Å². The lowest BCUT2D eigenvalue weighted by atomic mass is 10.3. The summed E-state index contributed by atoms with van der Waals surface area (Å²) in [6, 6.07) is 4.79. The molecule has 3 nitrogen and oxygen atoms in total. The third kappa shape index (κ3) is 3.41. The average molecular weight is 249 g/mol. The Morgan fingerprint density at radius 2 is 2.29 bits per heavy atom. The van der Waals surface area contributed by atoms with Crippen molar-refractivity contribution in [3.05, 3.63) is 40.1 Å². The fourth-order valence-corrected chi connectivity index (χ4v) is 2.51. The Kier molecular flexibility index (Phi) is 3.97. The first-order valence-electron chi connectivity index (χ1n) is 5.94. The number of nitrogens with one attached hydrogen (secondary N) is 1. The summed E-state index contributed by atoms with van der Waals surface area (Å²) in [6.07, 6.45) is 4.10. The molecule has 0 fully saturated rings. The van der Waals surface area contributed by atoms with Crippen LogP contribution in [0.3, 0.4) is 0 Å². The SMILES string of the molecule is Cc1ncc(Cn2cccc2CNC(C)C)s1. The van der Waals surface area contributed by atoms with E-state index in [1.165, 1.54) is 10.6 Å².